The van der Waals surface area contributed by atoms with E-state index in [1.165, 1.54) is 0 Å². The van der Waals surface area contributed by atoms with Gasteiger partial charge in [-0.1, -0.05) is 24.3 Å². The summed E-state index contributed by atoms with van der Waals surface area (Å²) in [5.41, 5.74) is 9.32. The maximum atomic E-state index is 9.26. The first kappa shape index (κ1) is 10.6. The Balaban J connectivity index is 2.13. The molecule has 0 radical (unpaired) electrons. The second-order valence-corrected chi connectivity index (χ2v) is 4.22. The van der Waals surface area contributed by atoms with Crippen molar-refractivity contribution in [2.24, 2.45) is 10.8 Å². The van der Waals surface area contributed by atoms with Crippen LogP contribution < -0.4 is 10.7 Å². The lowest BCUT2D eigenvalue weighted by atomic mass is 10.0. The fraction of sp³-hybridized carbons (Fsp3) is 0.143. The summed E-state index contributed by atoms with van der Waals surface area (Å²) in [5.74, 6) is 0.403. The molecule has 4 nitrogen and oxygen atoms in total. The molecule has 0 amide bonds. The van der Waals surface area contributed by atoms with Crippen LogP contribution in [0, 0.1) is 11.3 Å². The van der Waals surface area contributed by atoms with Gasteiger partial charge < -0.3 is 5.73 Å². The largest absolute Gasteiger partial charge is 0.383 e. The Labute approximate surface area is 105 Å². The third-order valence-corrected chi connectivity index (χ3v) is 3.13. The van der Waals surface area contributed by atoms with E-state index in [9.17, 15) is 5.26 Å². The van der Waals surface area contributed by atoms with Crippen molar-refractivity contribution in [3.8, 4) is 6.07 Å². The Morgan fingerprint density at radius 1 is 1.28 bits per heavy atom. The highest BCUT2D eigenvalue weighted by molar-refractivity contribution is 6.08. The van der Waals surface area contributed by atoms with E-state index in [0.29, 0.717) is 11.4 Å². The number of benzene rings is 1. The van der Waals surface area contributed by atoms with Gasteiger partial charge in [0.2, 0.25) is 0 Å². The van der Waals surface area contributed by atoms with E-state index in [1.807, 2.05) is 36.4 Å². The van der Waals surface area contributed by atoms with Crippen LogP contribution in [0.3, 0.4) is 0 Å². The Hall–Kier alpha value is -2.54. The standard InChI is InChI=1S/C14H12N4/c15-9-12-11-7-4-8-13(11)17-18(14(12)16)10-5-2-1-3-6-10/h1-3,5-7H,4,8,16H2. The van der Waals surface area contributed by atoms with E-state index in [0.717, 1.165) is 29.8 Å². The van der Waals surface area contributed by atoms with Gasteiger partial charge in [0, 0.05) is 5.57 Å². The quantitative estimate of drug-likeness (QED) is 0.813. The van der Waals surface area contributed by atoms with Gasteiger partial charge in [0.05, 0.1) is 11.4 Å². The van der Waals surface area contributed by atoms with Crippen molar-refractivity contribution in [1.82, 2.24) is 0 Å². The van der Waals surface area contributed by atoms with E-state index < -0.39 is 0 Å². The molecule has 0 fully saturated rings. The SMILES string of the molecule is N#CC1=C(N)N(c2ccccc2)N=C2CCC=C21. The van der Waals surface area contributed by atoms with Crippen LogP contribution in [0.1, 0.15) is 12.8 Å². The summed E-state index contributed by atoms with van der Waals surface area (Å²) in [7, 11) is 0. The second kappa shape index (κ2) is 4.04. The minimum Gasteiger partial charge on any atom is -0.383 e. The number of nitrogens with two attached hydrogens (primary N) is 1. The maximum absolute atomic E-state index is 9.26. The lowest BCUT2D eigenvalue weighted by Crippen LogP contribution is -2.30. The fourth-order valence-corrected chi connectivity index (χ4v) is 2.26. The molecule has 3 rings (SSSR count). The van der Waals surface area contributed by atoms with Crippen molar-refractivity contribution < 1.29 is 0 Å². The topological polar surface area (TPSA) is 65.4 Å². The molecular weight excluding hydrogens is 224 g/mol. The van der Waals surface area contributed by atoms with Gasteiger partial charge >= 0.3 is 0 Å². The minimum absolute atomic E-state index is 0.403. The lowest BCUT2D eigenvalue weighted by Gasteiger charge is -2.26. The molecule has 1 aromatic carbocycles. The molecule has 18 heavy (non-hydrogen) atoms. The summed E-state index contributed by atoms with van der Waals surface area (Å²) >= 11 is 0. The molecule has 0 bridgehead atoms. The zero-order valence-corrected chi connectivity index (χ0v) is 9.80. The van der Waals surface area contributed by atoms with Crippen molar-refractivity contribution in [2.45, 2.75) is 12.8 Å². The number of anilines is 1. The van der Waals surface area contributed by atoms with E-state index >= 15 is 0 Å². The number of nitrogens with zero attached hydrogens (tertiary/aromatic N) is 3. The smallest absolute Gasteiger partial charge is 0.144 e. The second-order valence-electron chi connectivity index (χ2n) is 4.22. The summed E-state index contributed by atoms with van der Waals surface area (Å²) in [6, 6.07) is 11.8. The predicted molar refractivity (Wildman–Crippen MR) is 70.5 cm³/mol. The van der Waals surface area contributed by atoms with Gasteiger partial charge in [-0.05, 0) is 25.0 Å². The Bertz CT molecular complexity index is 617. The Morgan fingerprint density at radius 3 is 2.78 bits per heavy atom. The van der Waals surface area contributed by atoms with Crippen LogP contribution in [0.4, 0.5) is 5.69 Å². The number of para-hydroxylation sites is 1. The first-order chi connectivity index (χ1) is 8.81. The first-order valence-electron chi connectivity index (χ1n) is 5.84. The molecule has 1 aromatic rings. The van der Waals surface area contributed by atoms with Gasteiger partial charge in [0.15, 0.2) is 0 Å². The number of fused-ring (bicyclic) bond motifs is 1. The van der Waals surface area contributed by atoms with Crippen LogP contribution in [0.5, 0.6) is 0 Å². The van der Waals surface area contributed by atoms with Gasteiger partial charge in [0.25, 0.3) is 0 Å². The highest BCUT2D eigenvalue weighted by Gasteiger charge is 2.28. The van der Waals surface area contributed by atoms with Crippen LogP contribution in [0.2, 0.25) is 0 Å². The molecule has 0 atom stereocenters. The first-order valence-corrected chi connectivity index (χ1v) is 5.84. The van der Waals surface area contributed by atoms with Crippen molar-refractivity contribution >= 4 is 11.4 Å². The van der Waals surface area contributed by atoms with Crippen LogP contribution in [0.15, 0.2) is 58.5 Å². The average molecular weight is 236 g/mol. The molecule has 0 saturated carbocycles. The summed E-state index contributed by atoms with van der Waals surface area (Å²) in [6.07, 6.45) is 3.83. The summed E-state index contributed by atoms with van der Waals surface area (Å²) in [5, 5.41) is 15.5. The molecule has 0 aromatic heterocycles. The molecular formula is C14H12N4. The number of hydrazone groups is 1. The van der Waals surface area contributed by atoms with Crippen LogP contribution in [-0.4, -0.2) is 5.71 Å². The fourth-order valence-electron chi connectivity index (χ4n) is 2.26. The van der Waals surface area contributed by atoms with Gasteiger partial charge in [0.1, 0.15) is 17.5 Å². The van der Waals surface area contributed by atoms with E-state index in [4.69, 9.17) is 5.73 Å². The van der Waals surface area contributed by atoms with Crippen molar-refractivity contribution in [2.75, 3.05) is 5.01 Å². The Morgan fingerprint density at radius 2 is 2.06 bits per heavy atom. The predicted octanol–water partition coefficient (Wildman–Crippen LogP) is 2.28. The van der Waals surface area contributed by atoms with Crippen molar-refractivity contribution in [3.05, 3.63) is 53.4 Å². The highest BCUT2D eigenvalue weighted by Crippen LogP contribution is 2.31. The van der Waals surface area contributed by atoms with Crippen molar-refractivity contribution in [1.29, 1.82) is 5.26 Å². The van der Waals surface area contributed by atoms with E-state index in [-0.39, 0.29) is 0 Å². The maximum Gasteiger partial charge on any atom is 0.144 e. The average Bonchev–Trinajstić information content (AvgIpc) is 2.87. The number of allylic oxidation sites excluding steroid dienone is 3. The molecule has 88 valence electrons. The number of hydrogen-bond donors (Lipinski definition) is 1. The molecule has 0 saturated heterocycles. The summed E-state index contributed by atoms with van der Waals surface area (Å²) in [6.45, 7) is 0. The van der Waals surface area contributed by atoms with Gasteiger partial charge in [-0.25, -0.2) is 5.01 Å². The normalized spacial score (nSPS) is 18.1. The minimum atomic E-state index is 0.403. The Kier molecular flexibility index (Phi) is 2.38. The molecule has 1 aliphatic carbocycles. The van der Waals surface area contributed by atoms with E-state index in [1.54, 1.807) is 5.01 Å². The van der Waals surface area contributed by atoms with Gasteiger partial charge in [-0.3, -0.25) is 0 Å². The van der Waals surface area contributed by atoms with Crippen LogP contribution >= 0.6 is 0 Å². The lowest BCUT2D eigenvalue weighted by molar-refractivity contribution is 0.941. The molecule has 1 heterocycles. The summed E-state index contributed by atoms with van der Waals surface area (Å²) in [4.78, 5) is 0. The zero-order chi connectivity index (χ0) is 12.5. The molecule has 4 heteroatoms. The monoisotopic (exact) mass is 236 g/mol. The third kappa shape index (κ3) is 1.49. The number of nitriles is 1. The molecule has 2 N–H and O–H groups in total. The van der Waals surface area contributed by atoms with Gasteiger partial charge in [-0.2, -0.15) is 10.4 Å². The van der Waals surface area contributed by atoms with Gasteiger partial charge in [-0.15, -0.1) is 0 Å². The molecule has 1 aliphatic heterocycles. The molecule has 2 aliphatic rings. The van der Waals surface area contributed by atoms with E-state index in [2.05, 4.69) is 11.2 Å². The van der Waals surface area contributed by atoms with Crippen molar-refractivity contribution in [3.63, 3.8) is 0 Å². The number of rotatable bonds is 1. The highest BCUT2D eigenvalue weighted by atomic mass is 15.5. The third-order valence-electron chi connectivity index (χ3n) is 3.13. The van der Waals surface area contributed by atoms with Crippen LogP contribution in [0.25, 0.3) is 0 Å². The molecule has 0 spiro atoms. The number of hydrogen-bond acceptors (Lipinski definition) is 4. The van der Waals surface area contributed by atoms with Crippen LogP contribution in [-0.2, 0) is 0 Å². The summed E-state index contributed by atoms with van der Waals surface area (Å²) < 4.78 is 0. The molecule has 0 unspecified atom stereocenters. The zero-order valence-electron chi connectivity index (χ0n) is 9.80.